The molecular formula is C34H27ClN2O6. The Labute approximate surface area is 252 Å². The van der Waals surface area contributed by atoms with Crippen LogP contribution in [0.3, 0.4) is 0 Å². The number of esters is 1. The summed E-state index contributed by atoms with van der Waals surface area (Å²) in [4.78, 5) is 58.4. The number of anilines is 1. The maximum atomic E-state index is 13.3. The molecule has 0 spiro atoms. The van der Waals surface area contributed by atoms with Crippen LogP contribution in [0.4, 0.5) is 5.69 Å². The summed E-state index contributed by atoms with van der Waals surface area (Å²) in [6.45, 7) is 1.49. The van der Waals surface area contributed by atoms with Gasteiger partial charge in [0.05, 0.1) is 46.4 Å². The molecule has 8 nitrogen and oxygen atoms in total. The van der Waals surface area contributed by atoms with Crippen molar-refractivity contribution >= 4 is 51.8 Å². The topological polar surface area (TPSA) is 103 Å². The number of ether oxygens (including phenoxy) is 2. The molecule has 9 heteroatoms. The second kappa shape index (κ2) is 11.5. The fourth-order valence-electron chi connectivity index (χ4n) is 5.80. The number of nitrogens with zero attached hydrogens (tertiary/aromatic N) is 2. The van der Waals surface area contributed by atoms with Crippen LogP contribution in [0.25, 0.3) is 22.2 Å². The molecule has 0 radical (unpaired) electrons. The van der Waals surface area contributed by atoms with Gasteiger partial charge in [-0.15, -0.1) is 0 Å². The van der Waals surface area contributed by atoms with Crippen LogP contribution in [-0.2, 0) is 14.3 Å². The summed E-state index contributed by atoms with van der Waals surface area (Å²) in [5, 5.41) is 0.821. The van der Waals surface area contributed by atoms with Crippen LogP contribution >= 0.6 is 11.6 Å². The van der Waals surface area contributed by atoms with Gasteiger partial charge in [-0.05, 0) is 48.7 Å². The largest absolute Gasteiger partial charge is 0.497 e. The number of benzene rings is 3. The van der Waals surface area contributed by atoms with E-state index in [4.69, 9.17) is 26.1 Å². The van der Waals surface area contributed by atoms with Gasteiger partial charge in [0, 0.05) is 16.5 Å². The van der Waals surface area contributed by atoms with Crippen molar-refractivity contribution in [1.82, 2.24) is 4.98 Å². The van der Waals surface area contributed by atoms with Crippen LogP contribution in [0.5, 0.6) is 5.75 Å². The first-order chi connectivity index (χ1) is 20.8. The summed E-state index contributed by atoms with van der Waals surface area (Å²) in [6.07, 6.45) is 4.52. The van der Waals surface area contributed by atoms with Crippen LogP contribution in [0.2, 0.25) is 5.02 Å². The number of carbonyl (C=O) groups is 4. The molecule has 216 valence electrons. The van der Waals surface area contributed by atoms with Crippen molar-refractivity contribution in [1.29, 1.82) is 0 Å². The van der Waals surface area contributed by atoms with Gasteiger partial charge in [-0.2, -0.15) is 0 Å². The van der Waals surface area contributed by atoms with Gasteiger partial charge < -0.3 is 9.47 Å². The number of imide groups is 1. The van der Waals surface area contributed by atoms with Gasteiger partial charge in [-0.1, -0.05) is 67.1 Å². The Morgan fingerprint density at radius 1 is 1.00 bits per heavy atom. The summed E-state index contributed by atoms with van der Waals surface area (Å²) in [5.74, 6) is -1.66. The molecule has 1 aliphatic heterocycles. The minimum absolute atomic E-state index is 0.00462. The molecule has 3 aromatic carbocycles. The molecule has 1 saturated heterocycles. The van der Waals surface area contributed by atoms with Crippen LogP contribution in [0.1, 0.15) is 34.1 Å². The van der Waals surface area contributed by atoms with E-state index < -0.39 is 12.6 Å². The zero-order valence-electron chi connectivity index (χ0n) is 23.5. The molecule has 3 atom stereocenters. The van der Waals surface area contributed by atoms with E-state index in [1.165, 1.54) is 12.0 Å². The fraction of sp³-hybridized carbons (Fsp3) is 0.206. The normalized spacial score (nSPS) is 19.4. The molecular weight excluding hydrogens is 568 g/mol. The molecule has 1 aliphatic carbocycles. The van der Waals surface area contributed by atoms with Gasteiger partial charge in [0.2, 0.25) is 11.8 Å². The predicted molar refractivity (Wildman–Crippen MR) is 162 cm³/mol. The molecule has 0 bridgehead atoms. The Kier molecular flexibility index (Phi) is 7.54. The lowest BCUT2D eigenvalue weighted by molar-refractivity contribution is -0.122. The maximum absolute atomic E-state index is 13.3. The van der Waals surface area contributed by atoms with Crippen molar-refractivity contribution in [2.24, 2.45) is 17.8 Å². The number of Topliss-reactive ketones (excluding diaryl/α,β-unsaturated/α-hetero) is 1. The Morgan fingerprint density at radius 3 is 2.51 bits per heavy atom. The summed E-state index contributed by atoms with van der Waals surface area (Å²) < 4.78 is 10.6. The van der Waals surface area contributed by atoms with Gasteiger partial charge in [0.15, 0.2) is 12.4 Å². The first-order valence-electron chi connectivity index (χ1n) is 13.9. The van der Waals surface area contributed by atoms with Crippen LogP contribution in [-0.4, -0.2) is 42.3 Å². The van der Waals surface area contributed by atoms with Crippen molar-refractivity contribution < 1.29 is 28.7 Å². The van der Waals surface area contributed by atoms with Crippen LogP contribution in [0.15, 0.2) is 84.9 Å². The van der Waals surface area contributed by atoms with Gasteiger partial charge in [0.1, 0.15) is 5.75 Å². The van der Waals surface area contributed by atoms with E-state index in [-0.39, 0.29) is 40.9 Å². The number of methoxy groups -OCH3 is 1. The van der Waals surface area contributed by atoms with E-state index in [0.717, 1.165) is 0 Å². The number of amides is 2. The molecule has 1 aromatic heterocycles. The number of halogens is 1. The molecule has 2 aliphatic rings. The van der Waals surface area contributed by atoms with E-state index >= 15 is 0 Å². The number of hydrogen-bond acceptors (Lipinski definition) is 7. The number of ketones is 1. The molecule has 43 heavy (non-hydrogen) atoms. The number of carbonyl (C=O) groups excluding carboxylic acids is 4. The van der Waals surface area contributed by atoms with Gasteiger partial charge in [-0.3, -0.25) is 19.3 Å². The van der Waals surface area contributed by atoms with Crippen molar-refractivity contribution in [3.05, 3.63) is 101 Å². The molecule has 3 unspecified atom stereocenters. The number of allylic oxidation sites excluding steroid dienone is 2. The highest BCUT2D eigenvalue weighted by Crippen LogP contribution is 2.41. The highest BCUT2D eigenvalue weighted by Gasteiger charge is 2.50. The van der Waals surface area contributed by atoms with Crippen molar-refractivity contribution in [3.63, 3.8) is 0 Å². The average molecular weight is 595 g/mol. The summed E-state index contributed by atoms with van der Waals surface area (Å²) in [7, 11) is 1.50. The number of hydrogen-bond donors (Lipinski definition) is 0. The zero-order chi connectivity index (χ0) is 30.2. The summed E-state index contributed by atoms with van der Waals surface area (Å²) in [6, 6.07) is 20.2. The molecule has 2 heterocycles. The highest BCUT2D eigenvalue weighted by atomic mass is 35.5. The Morgan fingerprint density at radius 2 is 1.77 bits per heavy atom. The van der Waals surface area contributed by atoms with E-state index in [9.17, 15) is 19.2 Å². The van der Waals surface area contributed by atoms with Crippen molar-refractivity contribution in [2.75, 3.05) is 18.6 Å². The van der Waals surface area contributed by atoms with E-state index in [1.807, 2.05) is 19.1 Å². The van der Waals surface area contributed by atoms with Gasteiger partial charge in [-0.25, -0.2) is 9.78 Å². The summed E-state index contributed by atoms with van der Waals surface area (Å²) >= 11 is 6.48. The van der Waals surface area contributed by atoms with Crippen LogP contribution < -0.4 is 9.64 Å². The molecule has 4 aromatic rings. The first kappa shape index (κ1) is 28.3. The van der Waals surface area contributed by atoms with Gasteiger partial charge >= 0.3 is 5.97 Å². The monoisotopic (exact) mass is 594 g/mol. The van der Waals surface area contributed by atoms with E-state index in [0.29, 0.717) is 50.6 Å². The lowest BCUT2D eigenvalue weighted by Crippen LogP contribution is -2.31. The highest BCUT2D eigenvalue weighted by molar-refractivity contribution is 6.35. The molecule has 2 amide bonds. The minimum Gasteiger partial charge on any atom is -0.497 e. The Bertz CT molecular complexity index is 1820. The second-order valence-corrected chi connectivity index (χ2v) is 11.0. The third kappa shape index (κ3) is 5.19. The Balaban J connectivity index is 1.28. The standard InChI is InChI=1S/C34H27ClN2O6/c1-19-6-3-10-25-30(19)33(40)37(32(25)39)22-14-12-20(13-15-22)28-17-26(24-9-5-11-27(35)31(24)36-28)34(41)43-18-29(38)21-7-4-8-23(16-21)42-2/h3-9,11-17,19,25,30H,10,18H2,1-2H3. The van der Waals surface area contributed by atoms with Crippen LogP contribution in [0, 0.1) is 17.8 Å². The minimum atomic E-state index is -0.706. The number of rotatable bonds is 7. The lowest BCUT2D eigenvalue weighted by Gasteiger charge is -2.22. The number of para-hydroxylation sites is 1. The quantitative estimate of drug-likeness (QED) is 0.107. The van der Waals surface area contributed by atoms with E-state index in [2.05, 4.69) is 0 Å². The average Bonchev–Trinajstić information content (AvgIpc) is 3.29. The fourth-order valence-corrected chi connectivity index (χ4v) is 6.02. The van der Waals surface area contributed by atoms with Gasteiger partial charge in [0.25, 0.3) is 0 Å². The maximum Gasteiger partial charge on any atom is 0.339 e. The van der Waals surface area contributed by atoms with E-state index in [1.54, 1.807) is 72.8 Å². The number of aromatic nitrogens is 1. The molecule has 6 rings (SSSR count). The number of fused-ring (bicyclic) bond motifs is 2. The third-order valence-corrected chi connectivity index (χ3v) is 8.34. The smallest absolute Gasteiger partial charge is 0.339 e. The molecule has 0 saturated carbocycles. The molecule has 1 fully saturated rings. The SMILES string of the molecule is COc1cccc(C(=O)COC(=O)c2cc(-c3ccc(N4C(=O)C5CC=CC(C)C5C4=O)cc3)nc3c(Cl)cccc23)c1. The van der Waals surface area contributed by atoms with Crippen molar-refractivity contribution in [2.45, 2.75) is 13.3 Å². The molecule has 0 N–H and O–H groups in total. The summed E-state index contributed by atoms with van der Waals surface area (Å²) in [5.41, 5.74) is 2.50. The zero-order valence-corrected chi connectivity index (χ0v) is 24.2. The van der Waals surface area contributed by atoms with Crippen molar-refractivity contribution in [3.8, 4) is 17.0 Å². The number of pyridine rings is 1. The first-order valence-corrected chi connectivity index (χ1v) is 14.2. The second-order valence-electron chi connectivity index (χ2n) is 10.6. The third-order valence-electron chi connectivity index (χ3n) is 8.03. The predicted octanol–water partition coefficient (Wildman–Crippen LogP) is 6.31. The Hall–Kier alpha value is -4.82. The lowest BCUT2D eigenvalue weighted by atomic mass is 9.78.